The lowest BCUT2D eigenvalue weighted by molar-refractivity contribution is -0.133. The SMILES string of the molecule is C/C=C(/C(=O)OC)c1c(C)ncnc1N1CCN(C(=O)OC(C)(C)C)CC1. The van der Waals surface area contributed by atoms with Gasteiger partial charge in [0.2, 0.25) is 0 Å². The van der Waals surface area contributed by atoms with Crippen molar-refractivity contribution in [1.29, 1.82) is 0 Å². The van der Waals surface area contributed by atoms with Gasteiger partial charge in [0.05, 0.1) is 23.9 Å². The van der Waals surface area contributed by atoms with Crippen LogP contribution >= 0.6 is 0 Å². The van der Waals surface area contributed by atoms with Gasteiger partial charge in [0.15, 0.2) is 0 Å². The van der Waals surface area contributed by atoms with Crippen LogP contribution in [-0.4, -0.2) is 65.8 Å². The van der Waals surface area contributed by atoms with Crippen molar-refractivity contribution in [1.82, 2.24) is 14.9 Å². The van der Waals surface area contributed by atoms with Crippen molar-refractivity contribution >= 4 is 23.5 Å². The van der Waals surface area contributed by atoms with Gasteiger partial charge in [-0.3, -0.25) is 0 Å². The molecule has 1 aliphatic rings. The highest BCUT2D eigenvalue weighted by molar-refractivity contribution is 6.18. The van der Waals surface area contributed by atoms with E-state index < -0.39 is 11.6 Å². The zero-order valence-electron chi connectivity index (χ0n) is 16.9. The zero-order valence-corrected chi connectivity index (χ0v) is 16.9. The second-order valence-electron chi connectivity index (χ2n) is 7.31. The average molecular weight is 376 g/mol. The lowest BCUT2D eigenvalue weighted by Crippen LogP contribution is -2.50. The minimum atomic E-state index is -0.521. The van der Waals surface area contributed by atoms with Crippen LogP contribution in [0, 0.1) is 6.92 Å². The number of nitrogens with zero attached hydrogens (tertiary/aromatic N) is 4. The van der Waals surface area contributed by atoms with Crippen molar-refractivity contribution in [3.63, 3.8) is 0 Å². The number of carbonyl (C=O) groups excluding carboxylic acids is 2. The molecule has 148 valence electrons. The summed E-state index contributed by atoms with van der Waals surface area (Å²) in [6.45, 7) is 11.4. The van der Waals surface area contributed by atoms with Crippen LogP contribution in [0.2, 0.25) is 0 Å². The molecule has 1 fully saturated rings. The summed E-state index contributed by atoms with van der Waals surface area (Å²) in [5.74, 6) is 0.244. The molecule has 27 heavy (non-hydrogen) atoms. The molecule has 2 rings (SSSR count). The van der Waals surface area contributed by atoms with Gasteiger partial charge in [-0.2, -0.15) is 0 Å². The van der Waals surface area contributed by atoms with Gasteiger partial charge in [-0.05, 0) is 34.6 Å². The molecule has 0 aliphatic carbocycles. The molecule has 0 bridgehead atoms. The van der Waals surface area contributed by atoms with Crippen LogP contribution in [0.4, 0.5) is 10.6 Å². The van der Waals surface area contributed by atoms with E-state index in [-0.39, 0.29) is 6.09 Å². The summed E-state index contributed by atoms with van der Waals surface area (Å²) < 4.78 is 10.3. The van der Waals surface area contributed by atoms with Crippen molar-refractivity contribution in [2.45, 2.75) is 40.2 Å². The number of rotatable bonds is 3. The van der Waals surface area contributed by atoms with E-state index in [0.29, 0.717) is 48.8 Å². The number of anilines is 1. The highest BCUT2D eigenvalue weighted by Gasteiger charge is 2.29. The topological polar surface area (TPSA) is 84.9 Å². The van der Waals surface area contributed by atoms with Crippen LogP contribution in [0.15, 0.2) is 12.4 Å². The number of hydrogen-bond acceptors (Lipinski definition) is 7. The summed E-state index contributed by atoms with van der Waals surface area (Å²) in [4.78, 5) is 36.8. The Morgan fingerprint density at radius 1 is 1.15 bits per heavy atom. The summed E-state index contributed by atoms with van der Waals surface area (Å²) in [5.41, 5.74) is 1.28. The number of aryl methyl sites for hydroxylation is 1. The average Bonchev–Trinajstić information content (AvgIpc) is 2.62. The molecular formula is C19H28N4O4. The third kappa shape index (κ3) is 4.96. The Morgan fingerprint density at radius 2 is 1.78 bits per heavy atom. The number of allylic oxidation sites excluding steroid dienone is 1. The van der Waals surface area contributed by atoms with Crippen LogP contribution in [0.3, 0.4) is 0 Å². The molecule has 1 amide bonds. The molecule has 2 heterocycles. The molecule has 0 saturated carbocycles. The summed E-state index contributed by atoms with van der Waals surface area (Å²) >= 11 is 0. The smallest absolute Gasteiger partial charge is 0.410 e. The minimum absolute atomic E-state index is 0.315. The highest BCUT2D eigenvalue weighted by Crippen LogP contribution is 2.29. The van der Waals surface area contributed by atoms with E-state index >= 15 is 0 Å². The Bertz CT molecular complexity index is 732. The van der Waals surface area contributed by atoms with E-state index in [4.69, 9.17) is 9.47 Å². The van der Waals surface area contributed by atoms with Crippen molar-refractivity contribution < 1.29 is 19.1 Å². The Hall–Kier alpha value is -2.64. The first-order valence-corrected chi connectivity index (χ1v) is 8.97. The quantitative estimate of drug-likeness (QED) is 0.591. The summed E-state index contributed by atoms with van der Waals surface area (Å²) in [6.07, 6.45) is 2.88. The second kappa shape index (κ2) is 8.37. The standard InChI is InChI=1S/C19H28N4O4/c1-7-14(17(24)26-6)15-13(2)20-12-21-16(15)22-8-10-23(11-9-22)18(25)27-19(3,4)5/h7,12H,8-11H2,1-6H3/b14-7+. The number of carbonyl (C=O) groups is 2. The number of hydrogen-bond donors (Lipinski definition) is 0. The van der Waals surface area contributed by atoms with E-state index in [1.165, 1.54) is 13.4 Å². The van der Waals surface area contributed by atoms with Crippen LogP contribution in [0.25, 0.3) is 5.57 Å². The molecule has 0 radical (unpaired) electrons. The predicted molar refractivity (Wildman–Crippen MR) is 102 cm³/mol. The van der Waals surface area contributed by atoms with Gasteiger partial charge < -0.3 is 19.3 Å². The zero-order chi connectivity index (χ0) is 20.2. The lowest BCUT2D eigenvalue weighted by atomic mass is 10.0. The third-order valence-electron chi connectivity index (χ3n) is 4.21. The first-order valence-electron chi connectivity index (χ1n) is 8.97. The fraction of sp³-hybridized carbons (Fsp3) is 0.579. The lowest BCUT2D eigenvalue weighted by Gasteiger charge is -2.37. The molecule has 8 nitrogen and oxygen atoms in total. The number of ether oxygens (including phenoxy) is 2. The molecule has 1 saturated heterocycles. The van der Waals surface area contributed by atoms with Crippen molar-refractivity contribution in [2.24, 2.45) is 0 Å². The molecule has 8 heteroatoms. The number of amides is 1. The molecule has 0 atom stereocenters. The molecule has 1 aliphatic heterocycles. The Labute approximate surface area is 160 Å². The molecular weight excluding hydrogens is 348 g/mol. The van der Waals surface area contributed by atoms with Gasteiger partial charge in [-0.1, -0.05) is 6.08 Å². The van der Waals surface area contributed by atoms with E-state index in [1.54, 1.807) is 17.9 Å². The maximum absolute atomic E-state index is 12.2. The normalized spacial score (nSPS) is 15.6. The molecule has 0 N–H and O–H groups in total. The number of aromatic nitrogens is 2. The van der Waals surface area contributed by atoms with Crippen LogP contribution < -0.4 is 4.90 Å². The van der Waals surface area contributed by atoms with Gasteiger partial charge in [0, 0.05) is 26.2 Å². The van der Waals surface area contributed by atoms with Gasteiger partial charge >= 0.3 is 12.1 Å². The summed E-state index contributed by atoms with van der Waals surface area (Å²) in [5, 5.41) is 0. The van der Waals surface area contributed by atoms with E-state index in [0.717, 1.165) is 0 Å². The third-order valence-corrected chi connectivity index (χ3v) is 4.21. The molecule has 0 aromatic carbocycles. The van der Waals surface area contributed by atoms with Gasteiger partial charge in [-0.25, -0.2) is 19.6 Å². The highest BCUT2D eigenvalue weighted by atomic mass is 16.6. The first kappa shape index (κ1) is 20.7. The monoisotopic (exact) mass is 376 g/mol. The molecule has 1 aromatic rings. The Kier molecular flexibility index (Phi) is 6.41. The van der Waals surface area contributed by atoms with Crippen LogP contribution in [-0.2, 0) is 14.3 Å². The minimum Gasteiger partial charge on any atom is -0.465 e. The largest absolute Gasteiger partial charge is 0.465 e. The second-order valence-corrected chi connectivity index (χ2v) is 7.31. The van der Waals surface area contributed by atoms with E-state index in [2.05, 4.69) is 14.9 Å². The number of esters is 1. The summed E-state index contributed by atoms with van der Waals surface area (Å²) in [7, 11) is 1.35. The van der Waals surface area contributed by atoms with Gasteiger partial charge in [-0.15, -0.1) is 0 Å². The number of methoxy groups -OCH3 is 1. The van der Waals surface area contributed by atoms with Crippen LogP contribution in [0.1, 0.15) is 39.0 Å². The van der Waals surface area contributed by atoms with E-state index in [1.807, 2.05) is 27.7 Å². The fourth-order valence-corrected chi connectivity index (χ4v) is 2.92. The molecule has 1 aromatic heterocycles. The summed E-state index contributed by atoms with van der Waals surface area (Å²) in [6, 6.07) is 0. The molecule has 0 spiro atoms. The van der Waals surface area contributed by atoms with Crippen LogP contribution in [0.5, 0.6) is 0 Å². The Balaban J connectivity index is 2.21. The Morgan fingerprint density at radius 3 is 2.30 bits per heavy atom. The first-order chi connectivity index (χ1) is 12.7. The fourth-order valence-electron chi connectivity index (χ4n) is 2.92. The van der Waals surface area contributed by atoms with Gasteiger partial charge in [0.1, 0.15) is 17.7 Å². The van der Waals surface area contributed by atoms with Gasteiger partial charge in [0.25, 0.3) is 0 Å². The maximum atomic E-state index is 12.2. The molecule has 0 unspecified atom stereocenters. The van der Waals surface area contributed by atoms with Crippen molar-refractivity contribution in [3.05, 3.63) is 23.7 Å². The van der Waals surface area contributed by atoms with Crippen molar-refractivity contribution in [2.75, 3.05) is 38.2 Å². The number of piperazine rings is 1. The predicted octanol–water partition coefficient (Wildman–Crippen LogP) is 2.42. The van der Waals surface area contributed by atoms with Crippen molar-refractivity contribution in [3.8, 4) is 0 Å². The maximum Gasteiger partial charge on any atom is 0.410 e. The van der Waals surface area contributed by atoms with E-state index in [9.17, 15) is 9.59 Å².